The van der Waals surface area contributed by atoms with Gasteiger partial charge < -0.3 is 0 Å². The van der Waals surface area contributed by atoms with Gasteiger partial charge in [0.05, 0.1) is 0 Å². The van der Waals surface area contributed by atoms with E-state index in [9.17, 15) is 8.78 Å². The highest BCUT2D eigenvalue weighted by Gasteiger charge is 2.07. The standard InChI is InChI=1S/C5H3F2N2/c6-4(7)5-8-2-1-3-9-5/h2-4H. The lowest BCUT2D eigenvalue weighted by atomic mass is 10.6. The molecule has 0 fully saturated rings. The maximum Gasteiger partial charge on any atom is 0.297 e. The maximum atomic E-state index is 11.6. The van der Waals surface area contributed by atoms with Crippen molar-refractivity contribution in [1.82, 2.24) is 9.97 Å². The van der Waals surface area contributed by atoms with E-state index >= 15 is 0 Å². The van der Waals surface area contributed by atoms with Crippen molar-refractivity contribution in [3.63, 3.8) is 0 Å². The van der Waals surface area contributed by atoms with Gasteiger partial charge >= 0.3 is 0 Å². The summed E-state index contributed by atoms with van der Waals surface area (Å²) in [5, 5.41) is 0. The van der Waals surface area contributed by atoms with Gasteiger partial charge in [0, 0.05) is 18.5 Å². The fourth-order valence-electron chi connectivity index (χ4n) is 0.386. The van der Waals surface area contributed by atoms with Crippen molar-refractivity contribution in [1.29, 1.82) is 0 Å². The van der Waals surface area contributed by atoms with Crippen molar-refractivity contribution in [3.05, 3.63) is 24.3 Å². The Bertz CT molecular complexity index is 176. The normalized spacial score (nSPS) is 10.1. The molecule has 0 saturated carbocycles. The van der Waals surface area contributed by atoms with Crippen LogP contribution in [0.15, 0.2) is 12.4 Å². The van der Waals surface area contributed by atoms with Gasteiger partial charge in [-0.1, -0.05) is 0 Å². The van der Waals surface area contributed by atoms with Gasteiger partial charge in [-0.2, -0.15) is 0 Å². The predicted molar refractivity (Wildman–Crippen MR) is 25.8 cm³/mol. The predicted octanol–water partition coefficient (Wildman–Crippen LogP) is 1.21. The molecule has 47 valence electrons. The summed E-state index contributed by atoms with van der Waals surface area (Å²) in [4.78, 5) is 6.52. The van der Waals surface area contributed by atoms with E-state index in [4.69, 9.17) is 0 Å². The molecule has 1 aromatic heterocycles. The second kappa shape index (κ2) is 2.48. The summed E-state index contributed by atoms with van der Waals surface area (Å²) in [6.45, 7) is 0. The average Bonchev–Trinajstić information content (AvgIpc) is 1.90. The van der Waals surface area contributed by atoms with E-state index in [1.165, 1.54) is 0 Å². The van der Waals surface area contributed by atoms with Gasteiger partial charge in [-0.15, -0.1) is 0 Å². The second-order valence-corrected chi connectivity index (χ2v) is 1.34. The summed E-state index contributed by atoms with van der Waals surface area (Å²) in [7, 11) is 0. The van der Waals surface area contributed by atoms with Gasteiger partial charge in [-0.3, -0.25) is 0 Å². The first-order chi connectivity index (χ1) is 4.30. The molecule has 2 nitrogen and oxygen atoms in total. The molecule has 0 saturated heterocycles. The minimum Gasteiger partial charge on any atom is -0.235 e. The van der Waals surface area contributed by atoms with Gasteiger partial charge in [-0.05, 0) is 0 Å². The fraction of sp³-hybridized carbons (Fsp3) is 0.200. The van der Waals surface area contributed by atoms with Crippen LogP contribution in [0.2, 0.25) is 0 Å². The number of hydrogen-bond donors (Lipinski definition) is 0. The molecule has 1 rings (SSSR count). The summed E-state index contributed by atoms with van der Waals surface area (Å²) in [5.41, 5.74) is 0. The SMILES string of the molecule is FC(F)c1nc[c]cn1. The lowest BCUT2D eigenvalue weighted by molar-refractivity contribution is 0.140. The maximum absolute atomic E-state index is 11.6. The molecule has 0 N–H and O–H groups in total. The van der Waals surface area contributed by atoms with Crippen LogP contribution in [0, 0.1) is 6.07 Å². The van der Waals surface area contributed by atoms with Gasteiger partial charge in [0.15, 0.2) is 5.82 Å². The molecule has 0 aliphatic carbocycles. The molecule has 1 heterocycles. The fourth-order valence-corrected chi connectivity index (χ4v) is 0.386. The topological polar surface area (TPSA) is 25.8 Å². The molecule has 0 atom stereocenters. The summed E-state index contributed by atoms with van der Waals surface area (Å²) in [6.07, 6.45) is -0.261. The number of alkyl halides is 2. The highest BCUT2D eigenvalue weighted by Crippen LogP contribution is 2.10. The Morgan fingerprint density at radius 2 is 1.89 bits per heavy atom. The van der Waals surface area contributed by atoms with Crippen LogP contribution in [-0.2, 0) is 0 Å². The van der Waals surface area contributed by atoms with Crippen molar-refractivity contribution in [2.75, 3.05) is 0 Å². The first-order valence-corrected chi connectivity index (χ1v) is 2.27. The summed E-state index contributed by atoms with van der Waals surface area (Å²) < 4.78 is 23.3. The van der Waals surface area contributed by atoms with Crippen molar-refractivity contribution >= 4 is 0 Å². The van der Waals surface area contributed by atoms with Gasteiger partial charge in [0.2, 0.25) is 0 Å². The average molecular weight is 129 g/mol. The number of nitrogens with zero attached hydrogens (tertiary/aromatic N) is 2. The number of hydrogen-bond acceptors (Lipinski definition) is 2. The highest BCUT2D eigenvalue weighted by atomic mass is 19.3. The lowest BCUT2D eigenvalue weighted by Crippen LogP contribution is -1.91. The third kappa shape index (κ3) is 1.42. The zero-order chi connectivity index (χ0) is 6.69. The molecule has 0 aliphatic rings. The Morgan fingerprint density at radius 1 is 1.33 bits per heavy atom. The van der Waals surface area contributed by atoms with E-state index < -0.39 is 12.2 Å². The molecule has 0 aromatic carbocycles. The largest absolute Gasteiger partial charge is 0.297 e. The molecule has 9 heavy (non-hydrogen) atoms. The van der Waals surface area contributed by atoms with Crippen LogP contribution in [0.4, 0.5) is 8.78 Å². The van der Waals surface area contributed by atoms with Gasteiger partial charge in [0.1, 0.15) is 0 Å². The Labute approximate surface area is 50.6 Å². The van der Waals surface area contributed by atoms with Crippen LogP contribution < -0.4 is 0 Å². The molecule has 1 aromatic rings. The van der Waals surface area contributed by atoms with Gasteiger partial charge in [0.25, 0.3) is 6.43 Å². The number of halogens is 2. The number of rotatable bonds is 1. The van der Waals surface area contributed by atoms with Crippen LogP contribution in [0.25, 0.3) is 0 Å². The van der Waals surface area contributed by atoms with Crippen LogP contribution in [0.3, 0.4) is 0 Å². The summed E-state index contributed by atoms with van der Waals surface area (Å²) in [6, 6.07) is 2.43. The molecule has 0 amide bonds. The molecule has 1 radical (unpaired) electrons. The minimum absolute atomic E-state index is 0.450. The summed E-state index contributed by atoms with van der Waals surface area (Å²) >= 11 is 0. The van der Waals surface area contributed by atoms with Gasteiger partial charge in [-0.25, -0.2) is 18.7 Å². The number of aromatic nitrogens is 2. The van der Waals surface area contributed by atoms with E-state index in [0.717, 1.165) is 12.4 Å². The third-order valence-corrected chi connectivity index (χ3v) is 0.738. The lowest BCUT2D eigenvalue weighted by Gasteiger charge is -1.91. The zero-order valence-corrected chi connectivity index (χ0v) is 4.38. The van der Waals surface area contributed by atoms with E-state index in [1.807, 2.05) is 0 Å². The van der Waals surface area contributed by atoms with E-state index in [2.05, 4.69) is 16.0 Å². The van der Waals surface area contributed by atoms with Crippen molar-refractivity contribution in [2.24, 2.45) is 0 Å². The van der Waals surface area contributed by atoms with Crippen molar-refractivity contribution < 1.29 is 8.78 Å². The Hall–Kier alpha value is -1.06. The Balaban J connectivity index is 2.85. The smallest absolute Gasteiger partial charge is 0.235 e. The van der Waals surface area contributed by atoms with Crippen molar-refractivity contribution in [3.8, 4) is 0 Å². The molecular formula is C5H3F2N2. The molecular weight excluding hydrogens is 126 g/mol. The highest BCUT2D eigenvalue weighted by molar-refractivity contribution is 4.87. The monoisotopic (exact) mass is 129 g/mol. The van der Waals surface area contributed by atoms with Crippen LogP contribution in [0.5, 0.6) is 0 Å². The first kappa shape index (κ1) is 6.07. The third-order valence-electron chi connectivity index (χ3n) is 0.738. The Kier molecular flexibility index (Phi) is 1.67. The second-order valence-electron chi connectivity index (χ2n) is 1.34. The van der Waals surface area contributed by atoms with Crippen LogP contribution in [0.1, 0.15) is 12.2 Å². The van der Waals surface area contributed by atoms with Crippen molar-refractivity contribution in [2.45, 2.75) is 6.43 Å². The molecule has 4 heteroatoms. The quantitative estimate of drug-likeness (QED) is 0.569. The molecule has 0 spiro atoms. The van der Waals surface area contributed by atoms with Crippen LogP contribution in [-0.4, -0.2) is 9.97 Å². The summed E-state index contributed by atoms with van der Waals surface area (Å²) in [5.74, 6) is -0.450. The van der Waals surface area contributed by atoms with E-state index in [-0.39, 0.29) is 0 Å². The molecule has 0 unspecified atom stereocenters. The molecule has 0 aliphatic heterocycles. The Morgan fingerprint density at radius 3 is 2.22 bits per heavy atom. The van der Waals surface area contributed by atoms with E-state index in [1.54, 1.807) is 0 Å². The first-order valence-electron chi connectivity index (χ1n) is 2.27. The van der Waals surface area contributed by atoms with E-state index in [0.29, 0.717) is 0 Å². The molecule has 0 bridgehead atoms. The zero-order valence-electron chi connectivity index (χ0n) is 4.38. The minimum atomic E-state index is -2.58. The van der Waals surface area contributed by atoms with Crippen LogP contribution >= 0.6 is 0 Å².